The van der Waals surface area contributed by atoms with E-state index in [0.29, 0.717) is 34.3 Å². The number of hydrogen-bond acceptors (Lipinski definition) is 4. The second-order valence-electron chi connectivity index (χ2n) is 13.1. The third-order valence-corrected chi connectivity index (χ3v) is 11.1. The van der Waals surface area contributed by atoms with Gasteiger partial charge in [0.15, 0.2) is 17.5 Å². The second-order valence-corrected chi connectivity index (χ2v) is 14.2. The molecule has 258 valence electrons. The van der Waals surface area contributed by atoms with Crippen LogP contribution < -0.4 is 0 Å². The van der Waals surface area contributed by atoms with E-state index < -0.39 is 11.7 Å². The van der Waals surface area contributed by atoms with Crippen LogP contribution in [0.5, 0.6) is 0 Å². The molecule has 3 heterocycles. The molecule has 0 amide bonds. The number of alkyl halides is 3. The van der Waals surface area contributed by atoms with E-state index in [2.05, 4.69) is 34.9 Å². The lowest BCUT2D eigenvalue weighted by atomic mass is 9.95. The highest BCUT2D eigenvalue weighted by Gasteiger charge is 2.34. The fraction of sp³-hybridized carbons (Fsp3) is 0.0217. The van der Waals surface area contributed by atoms with Gasteiger partial charge < -0.3 is 4.57 Å². The highest BCUT2D eigenvalue weighted by molar-refractivity contribution is 7.26. The van der Waals surface area contributed by atoms with Gasteiger partial charge in [0.25, 0.3) is 0 Å². The lowest BCUT2D eigenvalue weighted by Crippen LogP contribution is -2.08. The van der Waals surface area contributed by atoms with E-state index in [-0.39, 0.29) is 5.56 Å². The molecule has 0 radical (unpaired) electrons. The average molecular weight is 725 g/mol. The number of benzene rings is 7. The van der Waals surface area contributed by atoms with Crippen LogP contribution in [0.4, 0.5) is 13.2 Å². The predicted octanol–water partition coefficient (Wildman–Crippen LogP) is 13.0. The van der Waals surface area contributed by atoms with Crippen molar-refractivity contribution in [3.8, 4) is 51.0 Å². The largest absolute Gasteiger partial charge is 0.417 e. The SMILES string of the molecule is FC(F)(F)c1ccccc1-c1cc(-c2nc(-c3ccccc3)nc(-c3ccccc3)n2)ccc1-n1c2ccccc2c2ccc3c4ccccc4sc3c21. The van der Waals surface area contributed by atoms with Crippen molar-refractivity contribution >= 4 is 53.3 Å². The lowest BCUT2D eigenvalue weighted by molar-refractivity contribution is -0.137. The summed E-state index contributed by atoms with van der Waals surface area (Å²) in [5, 5.41) is 4.30. The van der Waals surface area contributed by atoms with Crippen molar-refractivity contribution in [1.29, 1.82) is 0 Å². The van der Waals surface area contributed by atoms with Crippen LogP contribution in [-0.2, 0) is 6.18 Å². The lowest BCUT2D eigenvalue weighted by Gasteiger charge is -2.19. The van der Waals surface area contributed by atoms with Crippen LogP contribution in [0.15, 0.2) is 164 Å². The average Bonchev–Trinajstić information content (AvgIpc) is 3.77. The number of fused-ring (bicyclic) bond motifs is 7. The van der Waals surface area contributed by atoms with E-state index >= 15 is 0 Å². The summed E-state index contributed by atoms with van der Waals surface area (Å²) in [5.74, 6) is 1.29. The van der Waals surface area contributed by atoms with E-state index in [1.807, 2.05) is 103 Å². The van der Waals surface area contributed by atoms with Crippen LogP contribution in [0.25, 0.3) is 93.0 Å². The van der Waals surface area contributed by atoms with Crippen molar-refractivity contribution in [1.82, 2.24) is 19.5 Å². The molecular weight excluding hydrogens is 698 g/mol. The molecule has 0 aliphatic rings. The Balaban J connectivity index is 1.30. The summed E-state index contributed by atoms with van der Waals surface area (Å²) in [7, 11) is 0. The molecule has 0 fully saturated rings. The molecule has 0 aliphatic carbocycles. The summed E-state index contributed by atoms with van der Waals surface area (Å²) in [6, 6.07) is 51.3. The number of nitrogens with zero attached hydrogens (tertiary/aromatic N) is 4. The first kappa shape index (κ1) is 32.0. The molecule has 8 heteroatoms. The van der Waals surface area contributed by atoms with Crippen molar-refractivity contribution in [3.05, 3.63) is 169 Å². The summed E-state index contributed by atoms with van der Waals surface area (Å²) in [5.41, 5.74) is 4.39. The van der Waals surface area contributed by atoms with Crippen LogP contribution in [0.3, 0.4) is 0 Å². The van der Waals surface area contributed by atoms with Gasteiger partial charge >= 0.3 is 6.18 Å². The second kappa shape index (κ2) is 12.5. The maximum atomic E-state index is 14.9. The highest BCUT2D eigenvalue weighted by atomic mass is 32.1. The minimum Gasteiger partial charge on any atom is -0.307 e. The molecule has 54 heavy (non-hydrogen) atoms. The Hall–Kier alpha value is -6.64. The maximum Gasteiger partial charge on any atom is 0.417 e. The van der Waals surface area contributed by atoms with Crippen LogP contribution >= 0.6 is 11.3 Å². The molecule has 10 aromatic rings. The summed E-state index contributed by atoms with van der Waals surface area (Å²) in [6.07, 6.45) is -4.60. The van der Waals surface area contributed by atoms with E-state index in [1.54, 1.807) is 29.5 Å². The first-order valence-corrected chi connectivity index (χ1v) is 18.3. The quantitative estimate of drug-likeness (QED) is 0.177. The van der Waals surface area contributed by atoms with Crippen LogP contribution in [-0.4, -0.2) is 19.5 Å². The Labute approximate surface area is 311 Å². The Morgan fingerprint density at radius 2 is 1.04 bits per heavy atom. The van der Waals surface area contributed by atoms with Gasteiger partial charge in [0.05, 0.1) is 27.0 Å². The molecule has 0 aliphatic heterocycles. The van der Waals surface area contributed by atoms with E-state index in [4.69, 9.17) is 15.0 Å². The summed E-state index contributed by atoms with van der Waals surface area (Å²) >= 11 is 1.70. The number of aromatic nitrogens is 4. The molecule has 0 N–H and O–H groups in total. The summed E-state index contributed by atoms with van der Waals surface area (Å²) < 4.78 is 49.1. The zero-order valence-electron chi connectivity index (χ0n) is 28.4. The first-order valence-electron chi connectivity index (χ1n) is 17.4. The molecule has 0 saturated carbocycles. The number of hydrogen-bond donors (Lipinski definition) is 0. The normalized spacial score (nSPS) is 12.0. The van der Waals surface area contributed by atoms with Crippen LogP contribution in [0.2, 0.25) is 0 Å². The molecule has 4 nitrogen and oxygen atoms in total. The fourth-order valence-corrected chi connectivity index (χ4v) is 8.71. The first-order chi connectivity index (χ1) is 26.4. The minimum absolute atomic E-state index is 0.0666. The van der Waals surface area contributed by atoms with E-state index in [9.17, 15) is 13.2 Å². The molecule has 10 rings (SSSR count). The standard InChI is InChI=1S/C46H27F3N4S/c47-46(48,49)37-20-10-7-17-31(37)36-27-30(45-51-43(28-13-3-1-4-14-28)50-44(52-45)29-15-5-2-6-16-29)23-26-39(36)53-38-21-11-8-18-32(38)34-24-25-35-33-19-9-12-22-40(33)54-42(35)41(34)53/h1-27H. The monoisotopic (exact) mass is 724 g/mol. The third-order valence-electron chi connectivity index (χ3n) is 9.90. The minimum atomic E-state index is -4.60. The zero-order valence-corrected chi connectivity index (χ0v) is 29.2. The van der Waals surface area contributed by atoms with Crippen molar-refractivity contribution in [2.45, 2.75) is 6.18 Å². The Kier molecular flexibility index (Phi) is 7.42. The summed E-state index contributed by atoms with van der Waals surface area (Å²) in [4.78, 5) is 14.7. The predicted molar refractivity (Wildman–Crippen MR) is 214 cm³/mol. The molecule has 0 bridgehead atoms. The smallest absolute Gasteiger partial charge is 0.307 e. The van der Waals surface area contributed by atoms with Crippen molar-refractivity contribution in [2.75, 3.05) is 0 Å². The van der Waals surface area contributed by atoms with Gasteiger partial charge in [0.1, 0.15) is 0 Å². The third kappa shape index (κ3) is 5.25. The number of thiophene rings is 1. The van der Waals surface area contributed by atoms with Crippen molar-refractivity contribution in [3.63, 3.8) is 0 Å². The molecule has 7 aromatic carbocycles. The van der Waals surface area contributed by atoms with Gasteiger partial charge in [-0.15, -0.1) is 11.3 Å². The summed E-state index contributed by atoms with van der Waals surface area (Å²) in [6.45, 7) is 0. The van der Waals surface area contributed by atoms with Gasteiger partial charge in [-0.05, 0) is 42.0 Å². The van der Waals surface area contributed by atoms with Gasteiger partial charge in [-0.1, -0.05) is 127 Å². The maximum absolute atomic E-state index is 14.9. The molecule has 0 atom stereocenters. The van der Waals surface area contributed by atoms with Crippen LogP contribution in [0.1, 0.15) is 5.56 Å². The Bertz CT molecular complexity index is 2980. The van der Waals surface area contributed by atoms with Gasteiger partial charge in [0, 0.05) is 48.5 Å². The Morgan fingerprint density at radius 1 is 0.463 bits per heavy atom. The molecular formula is C46H27F3N4S. The number of para-hydroxylation sites is 1. The number of rotatable bonds is 5. The molecule has 0 spiro atoms. The fourth-order valence-electron chi connectivity index (χ4n) is 7.47. The van der Waals surface area contributed by atoms with Crippen molar-refractivity contribution < 1.29 is 13.2 Å². The number of halogens is 3. The van der Waals surface area contributed by atoms with Gasteiger partial charge in [0.2, 0.25) is 0 Å². The topological polar surface area (TPSA) is 43.6 Å². The van der Waals surface area contributed by atoms with E-state index in [1.165, 1.54) is 6.07 Å². The van der Waals surface area contributed by atoms with E-state index in [0.717, 1.165) is 59.2 Å². The molecule has 3 aromatic heterocycles. The molecule has 0 unspecified atom stereocenters. The highest BCUT2D eigenvalue weighted by Crippen LogP contribution is 2.46. The van der Waals surface area contributed by atoms with Gasteiger partial charge in [-0.2, -0.15) is 13.2 Å². The zero-order chi connectivity index (χ0) is 36.4. The van der Waals surface area contributed by atoms with Gasteiger partial charge in [-0.3, -0.25) is 0 Å². The van der Waals surface area contributed by atoms with Crippen LogP contribution in [0, 0.1) is 0 Å². The van der Waals surface area contributed by atoms with Crippen molar-refractivity contribution in [2.24, 2.45) is 0 Å². The Morgan fingerprint density at radius 3 is 1.74 bits per heavy atom. The van der Waals surface area contributed by atoms with Gasteiger partial charge in [-0.25, -0.2) is 15.0 Å². The molecule has 0 saturated heterocycles.